The molecule has 2 aliphatic heterocycles. The lowest BCUT2D eigenvalue weighted by Crippen LogP contribution is -2.36. The second kappa shape index (κ2) is 5.99. The predicted molar refractivity (Wildman–Crippen MR) is 102 cm³/mol. The first-order valence-corrected chi connectivity index (χ1v) is 8.77. The van der Waals surface area contributed by atoms with Gasteiger partial charge in [0, 0.05) is 18.8 Å². The molecule has 2 aliphatic rings. The summed E-state index contributed by atoms with van der Waals surface area (Å²) in [6.45, 7) is 2.55. The van der Waals surface area contributed by atoms with Crippen LogP contribution in [0.1, 0.15) is 11.1 Å². The Labute approximate surface area is 152 Å². The van der Waals surface area contributed by atoms with E-state index in [1.54, 1.807) is 0 Å². The summed E-state index contributed by atoms with van der Waals surface area (Å²) in [4.78, 5) is 8.93. The zero-order valence-electron chi connectivity index (χ0n) is 14.5. The maximum absolute atomic E-state index is 6.15. The van der Waals surface area contributed by atoms with Gasteiger partial charge in [-0.05, 0) is 59.5 Å². The van der Waals surface area contributed by atoms with Gasteiger partial charge < -0.3 is 9.47 Å². The molecule has 0 radical (unpaired) electrons. The molecule has 3 aromatic rings. The third kappa shape index (κ3) is 2.64. The minimum Gasteiger partial charge on any atom is -0.485 e. The van der Waals surface area contributed by atoms with Gasteiger partial charge in [-0.15, -0.1) is 0 Å². The Kier molecular flexibility index (Phi) is 3.49. The maximum atomic E-state index is 6.15. The number of hydrogen-bond acceptors (Lipinski definition) is 4. The molecule has 4 nitrogen and oxygen atoms in total. The number of rotatable bonds is 2. The highest BCUT2D eigenvalue weighted by atomic mass is 16.6. The van der Waals surface area contributed by atoms with Crippen LogP contribution in [0.25, 0.3) is 11.1 Å². The van der Waals surface area contributed by atoms with Gasteiger partial charge in [0.25, 0.3) is 0 Å². The van der Waals surface area contributed by atoms with Gasteiger partial charge in [-0.2, -0.15) is 0 Å². The van der Waals surface area contributed by atoms with Gasteiger partial charge in [-0.3, -0.25) is 9.98 Å². The van der Waals surface area contributed by atoms with Crippen LogP contribution in [0, 0.1) is 6.92 Å². The summed E-state index contributed by atoms with van der Waals surface area (Å²) < 4.78 is 12.1. The van der Waals surface area contributed by atoms with Crippen molar-refractivity contribution in [3.63, 3.8) is 0 Å². The molecule has 26 heavy (non-hydrogen) atoms. The fraction of sp³-hybridized carbons (Fsp3) is 0.182. The normalized spacial score (nSPS) is 17.6. The van der Waals surface area contributed by atoms with E-state index < -0.39 is 0 Å². The summed E-state index contributed by atoms with van der Waals surface area (Å²) in [7, 11) is 0. The van der Waals surface area contributed by atoms with Crippen molar-refractivity contribution in [1.82, 2.24) is 4.98 Å². The maximum Gasteiger partial charge on any atom is 0.171 e. The first-order chi connectivity index (χ1) is 12.8. The van der Waals surface area contributed by atoms with Crippen LogP contribution in [0.2, 0.25) is 0 Å². The smallest absolute Gasteiger partial charge is 0.171 e. The van der Waals surface area contributed by atoms with Crippen LogP contribution in [-0.2, 0) is 6.42 Å². The Morgan fingerprint density at radius 2 is 1.81 bits per heavy atom. The summed E-state index contributed by atoms with van der Waals surface area (Å²) in [5.41, 5.74) is 6.74. The average molecular weight is 342 g/mol. The van der Waals surface area contributed by atoms with Crippen LogP contribution >= 0.6 is 0 Å². The van der Waals surface area contributed by atoms with Gasteiger partial charge in [0.1, 0.15) is 6.61 Å². The first-order valence-electron chi connectivity index (χ1n) is 8.77. The number of aliphatic imine (C=N–C) groups is 1. The number of pyridine rings is 1. The van der Waals surface area contributed by atoms with E-state index in [9.17, 15) is 0 Å². The van der Waals surface area contributed by atoms with E-state index in [2.05, 4.69) is 23.2 Å². The van der Waals surface area contributed by atoms with Crippen LogP contribution in [0.5, 0.6) is 11.5 Å². The lowest BCUT2D eigenvalue weighted by Gasteiger charge is -2.26. The molecule has 0 N–H and O–H groups in total. The monoisotopic (exact) mass is 342 g/mol. The molecule has 128 valence electrons. The second-order valence-electron chi connectivity index (χ2n) is 6.73. The first kappa shape index (κ1) is 15.1. The highest BCUT2D eigenvalue weighted by Gasteiger charge is 2.29. The van der Waals surface area contributed by atoms with Crippen molar-refractivity contribution < 1.29 is 9.47 Å². The van der Waals surface area contributed by atoms with E-state index >= 15 is 0 Å². The zero-order valence-corrected chi connectivity index (χ0v) is 14.5. The lowest BCUT2D eigenvalue weighted by molar-refractivity contribution is 0.134. The summed E-state index contributed by atoms with van der Waals surface area (Å²) in [6, 6.07) is 16.5. The minimum absolute atomic E-state index is 0.137. The van der Waals surface area contributed by atoms with Crippen molar-refractivity contribution in [1.29, 1.82) is 0 Å². The second-order valence-corrected chi connectivity index (χ2v) is 6.73. The predicted octanol–water partition coefficient (Wildman–Crippen LogP) is 4.53. The van der Waals surface area contributed by atoms with Crippen molar-refractivity contribution in [2.45, 2.75) is 19.4 Å². The van der Waals surface area contributed by atoms with E-state index in [1.807, 2.05) is 49.6 Å². The lowest BCUT2D eigenvalue weighted by atomic mass is 10.0. The molecule has 4 heteroatoms. The molecule has 2 aromatic carbocycles. The van der Waals surface area contributed by atoms with Crippen LogP contribution in [0.15, 0.2) is 65.9 Å². The summed E-state index contributed by atoms with van der Waals surface area (Å²) in [5, 5.41) is 0. The van der Waals surface area contributed by atoms with Crippen molar-refractivity contribution in [2.24, 2.45) is 4.99 Å². The van der Waals surface area contributed by atoms with Gasteiger partial charge in [-0.1, -0.05) is 18.2 Å². The SMILES string of the molecule is Cc1ccc2c(c1)OCC(C1=Nc3cc(-c4ccncc4)ccc3C1)O2. The number of nitrogens with zero attached hydrogens (tertiary/aromatic N) is 2. The van der Waals surface area contributed by atoms with Crippen molar-refractivity contribution in [3.8, 4) is 22.6 Å². The highest BCUT2D eigenvalue weighted by molar-refractivity contribution is 5.98. The molecule has 1 unspecified atom stereocenters. The summed E-state index contributed by atoms with van der Waals surface area (Å²) in [6.07, 6.45) is 4.29. The Morgan fingerprint density at radius 3 is 2.69 bits per heavy atom. The molecule has 0 aliphatic carbocycles. The summed E-state index contributed by atoms with van der Waals surface area (Å²) in [5.74, 6) is 1.61. The quantitative estimate of drug-likeness (QED) is 0.687. The highest BCUT2D eigenvalue weighted by Crippen LogP contribution is 2.36. The van der Waals surface area contributed by atoms with Gasteiger partial charge in [0.05, 0.1) is 11.4 Å². The van der Waals surface area contributed by atoms with Crippen molar-refractivity contribution >= 4 is 11.4 Å². The Hall–Kier alpha value is -3.14. The summed E-state index contributed by atoms with van der Waals surface area (Å²) >= 11 is 0. The van der Waals surface area contributed by atoms with Gasteiger partial charge in [0.15, 0.2) is 17.6 Å². The van der Waals surface area contributed by atoms with Crippen LogP contribution < -0.4 is 9.47 Å². The Balaban J connectivity index is 1.42. The molecule has 0 spiro atoms. The number of ether oxygens (including phenoxy) is 2. The fourth-order valence-electron chi connectivity index (χ4n) is 3.46. The number of fused-ring (bicyclic) bond motifs is 2. The molecular formula is C22H18N2O2. The Bertz CT molecular complexity index is 1010. The molecule has 0 amide bonds. The molecule has 0 saturated heterocycles. The minimum atomic E-state index is -0.137. The molecular weight excluding hydrogens is 324 g/mol. The fourth-order valence-corrected chi connectivity index (χ4v) is 3.46. The molecule has 3 heterocycles. The largest absolute Gasteiger partial charge is 0.485 e. The number of hydrogen-bond donors (Lipinski definition) is 0. The van der Waals surface area contributed by atoms with Crippen molar-refractivity contribution in [3.05, 3.63) is 72.1 Å². The number of aryl methyl sites for hydroxylation is 1. The van der Waals surface area contributed by atoms with E-state index in [0.717, 1.165) is 40.4 Å². The number of aromatic nitrogens is 1. The van der Waals surface area contributed by atoms with E-state index in [-0.39, 0.29) is 6.10 Å². The topological polar surface area (TPSA) is 43.7 Å². The molecule has 0 saturated carbocycles. The van der Waals surface area contributed by atoms with Crippen molar-refractivity contribution in [2.75, 3.05) is 6.61 Å². The van der Waals surface area contributed by atoms with Crippen LogP contribution in [0.4, 0.5) is 5.69 Å². The molecule has 1 atom stereocenters. The average Bonchev–Trinajstić information content (AvgIpc) is 3.11. The zero-order chi connectivity index (χ0) is 17.5. The molecule has 0 fully saturated rings. The van der Waals surface area contributed by atoms with Gasteiger partial charge in [-0.25, -0.2) is 0 Å². The van der Waals surface area contributed by atoms with Crippen LogP contribution in [0.3, 0.4) is 0 Å². The molecule has 1 aromatic heterocycles. The standard InChI is InChI=1S/C22H18N2O2/c1-14-2-5-20-21(10-14)25-13-22(26-20)19-12-17-4-3-16(11-18(17)24-19)15-6-8-23-9-7-15/h2-11,22H,12-13H2,1H3. The van der Waals surface area contributed by atoms with E-state index in [1.165, 1.54) is 11.1 Å². The third-order valence-electron chi connectivity index (χ3n) is 4.86. The Morgan fingerprint density at radius 1 is 0.923 bits per heavy atom. The van der Waals surface area contributed by atoms with E-state index in [0.29, 0.717) is 6.61 Å². The van der Waals surface area contributed by atoms with Crippen LogP contribution in [-0.4, -0.2) is 23.4 Å². The van der Waals surface area contributed by atoms with Gasteiger partial charge in [0.2, 0.25) is 0 Å². The van der Waals surface area contributed by atoms with Gasteiger partial charge >= 0.3 is 0 Å². The third-order valence-corrected chi connectivity index (χ3v) is 4.86. The molecule has 0 bridgehead atoms. The number of benzene rings is 2. The molecule has 5 rings (SSSR count). The van der Waals surface area contributed by atoms with E-state index in [4.69, 9.17) is 14.5 Å².